The number of nitro benzene ring substituents is 1. The molecule has 0 saturated heterocycles. The van der Waals surface area contributed by atoms with Gasteiger partial charge >= 0.3 is 0 Å². The number of nitrogen functional groups attached to an aromatic ring is 1. The van der Waals surface area contributed by atoms with Crippen molar-refractivity contribution >= 4 is 11.4 Å². The van der Waals surface area contributed by atoms with Gasteiger partial charge in [0.15, 0.2) is 0 Å². The molecule has 0 amide bonds. The Morgan fingerprint density at radius 3 is 2.53 bits per heavy atom. The summed E-state index contributed by atoms with van der Waals surface area (Å²) in [5.74, 6) is -0.424. The van der Waals surface area contributed by atoms with E-state index in [1.54, 1.807) is 24.3 Å². The number of benzene rings is 2. The van der Waals surface area contributed by atoms with Crippen molar-refractivity contribution in [2.45, 2.75) is 0 Å². The molecule has 0 fully saturated rings. The summed E-state index contributed by atoms with van der Waals surface area (Å²) >= 11 is 0. The summed E-state index contributed by atoms with van der Waals surface area (Å²) in [6.07, 6.45) is 0. The third kappa shape index (κ3) is 2.08. The third-order valence-corrected chi connectivity index (χ3v) is 2.41. The highest BCUT2D eigenvalue weighted by Crippen LogP contribution is 2.29. The van der Waals surface area contributed by atoms with Crippen molar-refractivity contribution < 1.29 is 9.31 Å². The molecule has 4 nitrogen and oxygen atoms in total. The number of rotatable bonds is 2. The van der Waals surface area contributed by atoms with Gasteiger partial charge in [-0.25, -0.2) is 4.39 Å². The van der Waals surface area contributed by atoms with Crippen LogP contribution in [0.25, 0.3) is 11.1 Å². The molecule has 0 atom stereocenters. The van der Waals surface area contributed by atoms with E-state index in [2.05, 4.69) is 0 Å². The van der Waals surface area contributed by atoms with Crippen molar-refractivity contribution in [3.05, 3.63) is 58.4 Å². The lowest BCUT2D eigenvalue weighted by molar-refractivity contribution is -0.383. The van der Waals surface area contributed by atoms with E-state index in [0.717, 1.165) is 0 Å². The van der Waals surface area contributed by atoms with E-state index in [4.69, 9.17) is 5.73 Å². The van der Waals surface area contributed by atoms with Gasteiger partial charge in [-0.05, 0) is 17.7 Å². The summed E-state index contributed by atoms with van der Waals surface area (Å²) in [7, 11) is 0. The quantitative estimate of drug-likeness (QED) is 0.491. The zero-order valence-electron chi connectivity index (χ0n) is 8.76. The van der Waals surface area contributed by atoms with Crippen LogP contribution >= 0.6 is 0 Å². The standard InChI is InChI=1S/C12H9FN2O2/c13-10-4-2-1-3-9(10)8-5-6-11(14)12(7-8)15(16)17/h1-7H,14H2. The molecule has 0 saturated carbocycles. The summed E-state index contributed by atoms with van der Waals surface area (Å²) in [5, 5.41) is 10.7. The number of nitro groups is 1. The molecule has 0 aromatic heterocycles. The van der Waals surface area contributed by atoms with Crippen molar-refractivity contribution in [3.63, 3.8) is 0 Å². The van der Waals surface area contributed by atoms with Gasteiger partial charge in [-0.15, -0.1) is 0 Å². The van der Waals surface area contributed by atoms with Gasteiger partial charge < -0.3 is 5.73 Å². The predicted octanol–water partition coefficient (Wildman–Crippen LogP) is 2.98. The second kappa shape index (κ2) is 4.21. The highest BCUT2D eigenvalue weighted by molar-refractivity contribution is 5.72. The Labute approximate surface area is 96.6 Å². The molecule has 5 heteroatoms. The topological polar surface area (TPSA) is 69.2 Å². The van der Waals surface area contributed by atoms with Crippen LogP contribution in [-0.4, -0.2) is 4.92 Å². The Hall–Kier alpha value is -2.43. The van der Waals surface area contributed by atoms with Crippen molar-refractivity contribution in [1.82, 2.24) is 0 Å². The molecule has 0 aliphatic rings. The van der Waals surface area contributed by atoms with Gasteiger partial charge in [-0.2, -0.15) is 0 Å². The normalized spacial score (nSPS) is 10.2. The van der Waals surface area contributed by atoms with E-state index in [9.17, 15) is 14.5 Å². The van der Waals surface area contributed by atoms with E-state index in [-0.39, 0.29) is 11.4 Å². The molecule has 0 unspecified atom stereocenters. The molecule has 2 N–H and O–H groups in total. The number of halogens is 1. The summed E-state index contributed by atoms with van der Waals surface area (Å²) in [6.45, 7) is 0. The van der Waals surface area contributed by atoms with Crippen LogP contribution in [0.3, 0.4) is 0 Å². The lowest BCUT2D eigenvalue weighted by atomic mass is 10.0. The molecular weight excluding hydrogens is 223 g/mol. The molecule has 0 spiro atoms. The van der Waals surface area contributed by atoms with Crippen LogP contribution in [0.4, 0.5) is 15.8 Å². The van der Waals surface area contributed by atoms with Crippen LogP contribution < -0.4 is 5.73 Å². The Balaban J connectivity index is 2.58. The second-order valence-corrected chi connectivity index (χ2v) is 3.51. The highest BCUT2D eigenvalue weighted by atomic mass is 19.1. The van der Waals surface area contributed by atoms with E-state index in [0.29, 0.717) is 11.1 Å². The molecule has 2 rings (SSSR count). The largest absolute Gasteiger partial charge is 0.393 e. The zero-order chi connectivity index (χ0) is 12.4. The first-order valence-corrected chi connectivity index (χ1v) is 4.88. The molecule has 0 heterocycles. The van der Waals surface area contributed by atoms with Crippen LogP contribution in [0.5, 0.6) is 0 Å². The van der Waals surface area contributed by atoms with E-state index in [1.165, 1.54) is 18.2 Å². The van der Waals surface area contributed by atoms with Crippen LogP contribution in [0.1, 0.15) is 0 Å². The first-order chi connectivity index (χ1) is 8.09. The Morgan fingerprint density at radius 2 is 1.88 bits per heavy atom. The SMILES string of the molecule is Nc1ccc(-c2ccccc2F)cc1[N+](=O)[O-]. The average molecular weight is 232 g/mol. The van der Waals surface area contributed by atoms with Gasteiger partial charge in [0.25, 0.3) is 5.69 Å². The van der Waals surface area contributed by atoms with Crippen molar-refractivity contribution in [2.24, 2.45) is 0 Å². The Morgan fingerprint density at radius 1 is 1.18 bits per heavy atom. The first-order valence-electron chi connectivity index (χ1n) is 4.88. The molecule has 0 aliphatic carbocycles. The van der Waals surface area contributed by atoms with Crippen LogP contribution in [0.2, 0.25) is 0 Å². The molecule has 0 radical (unpaired) electrons. The van der Waals surface area contributed by atoms with Gasteiger partial charge in [0.1, 0.15) is 11.5 Å². The predicted molar refractivity (Wildman–Crippen MR) is 62.9 cm³/mol. The molecule has 0 aliphatic heterocycles. The first kappa shape index (κ1) is 11.1. The fourth-order valence-electron chi connectivity index (χ4n) is 1.56. The number of anilines is 1. The van der Waals surface area contributed by atoms with Gasteiger partial charge in [0.2, 0.25) is 0 Å². The minimum atomic E-state index is -0.584. The molecule has 2 aromatic carbocycles. The number of nitrogens with two attached hydrogens (primary N) is 1. The molecular formula is C12H9FN2O2. The van der Waals surface area contributed by atoms with Crippen molar-refractivity contribution in [1.29, 1.82) is 0 Å². The van der Waals surface area contributed by atoms with Crippen LogP contribution in [-0.2, 0) is 0 Å². The summed E-state index contributed by atoms with van der Waals surface area (Å²) in [5.41, 5.74) is 6.07. The molecule has 0 bridgehead atoms. The lowest BCUT2D eigenvalue weighted by Gasteiger charge is -2.04. The van der Waals surface area contributed by atoms with E-state index < -0.39 is 10.7 Å². The molecule has 2 aromatic rings. The van der Waals surface area contributed by atoms with Gasteiger partial charge in [0.05, 0.1) is 4.92 Å². The number of hydrogen-bond donors (Lipinski definition) is 1. The van der Waals surface area contributed by atoms with Gasteiger partial charge in [-0.3, -0.25) is 10.1 Å². The van der Waals surface area contributed by atoms with E-state index >= 15 is 0 Å². The maximum atomic E-state index is 13.5. The van der Waals surface area contributed by atoms with E-state index in [1.807, 2.05) is 0 Å². The summed E-state index contributed by atoms with van der Waals surface area (Å²) in [6, 6.07) is 10.3. The summed E-state index contributed by atoms with van der Waals surface area (Å²) < 4.78 is 13.5. The van der Waals surface area contributed by atoms with Gasteiger partial charge in [-0.1, -0.05) is 24.3 Å². The number of hydrogen-bond acceptors (Lipinski definition) is 3. The molecule has 86 valence electrons. The minimum Gasteiger partial charge on any atom is -0.393 e. The van der Waals surface area contributed by atoms with Crippen LogP contribution in [0, 0.1) is 15.9 Å². The maximum Gasteiger partial charge on any atom is 0.292 e. The fourth-order valence-corrected chi connectivity index (χ4v) is 1.56. The summed E-state index contributed by atoms with van der Waals surface area (Å²) in [4.78, 5) is 10.1. The van der Waals surface area contributed by atoms with Crippen molar-refractivity contribution in [2.75, 3.05) is 5.73 Å². The number of nitrogens with zero attached hydrogens (tertiary/aromatic N) is 1. The zero-order valence-corrected chi connectivity index (χ0v) is 8.76. The third-order valence-electron chi connectivity index (χ3n) is 2.41. The maximum absolute atomic E-state index is 13.5. The molecule has 17 heavy (non-hydrogen) atoms. The Kier molecular flexibility index (Phi) is 2.74. The monoisotopic (exact) mass is 232 g/mol. The Bertz CT molecular complexity index is 584. The lowest BCUT2D eigenvalue weighted by Crippen LogP contribution is -1.96. The fraction of sp³-hybridized carbons (Fsp3) is 0. The van der Waals surface area contributed by atoms with Crippen molar-refractivity contribution in [3.8, 4) is 11.1 Å². The average Bonchev–Trinajstić information content (AvgIpc) is 2.30. The van der Waals surface area contributed by atoms with Crippen LogP contribution in [0.15, 0.2) is 42.5 Å². The smallest absolute Gasteiger partial charge is 0.292 e. The second-order valence-electron chi connectivity index (χ2n) is 3.51. The highest BCUT2D eigenvalue weighted by Gasteiger charge is 2.14. The van der Waals surface area contributed by atoms with Gasteiger partial charge in [0, 0.05) is 11.6 Å². The minimum absolute atomic E-state index is 0.0649.